The highest BCUT2D eigenvalue weighted by Crippen LogP contribution is 2.46. The first kappa shape index (κ1) is 17.4. The van der Waals surface area contributed by atoms with Gasteiger partial charge in [0.2, 0.25) is 0 Å². The van der Waals surface area contributed by atoms with Crippen LogP contribution in [0.5, 0.6) is 5.75 Å². The number of anilines is 1. The van der Waals surface area contributed by atoms with Crippen LogP contribution in [-0.4, -0.2) is 32.7 Å². The fourth-order valence-corrected chi connectivity index (χ4v) is 4.05. The highest BCUT2D eigenvalue weighted by molar-refractivity contribution is 5.85. The molecule has 2 aromatic heterocycles. The summed E-state index contributed by atoms with van der Waals surface area (Å²) in [5, 5.41) is 3.67. The van der Waals surface area contributed by atoms with Crippen LogP contribution in [0.4, 0.5) is 10.2 Å². The van der Waals surface area contributed by atoms with E-state index in [4.69, 9.17) is 9.72 Å². The van der Waals surface area contributed by atoms with E-state index in [1.165, 1.54) is 38.9 Å². The van der Waals surface area contributed by atoms with E-state index in [0.29, 0.717) is 40.3 Å². The Bertz CT molecular complexity index is 1040. The summed E-state index contributed by atoms with van der Waals surface area (Å²) in [5.41, 5.74) is 1.73. The topological polar surface area (TPSA) is 64.9 Å². The molecule has 0 radical (unpaired) electrons. The van der Waals surface area contributed by atoms with E-state index in [0.717, 1.165) is 17.7 Å². The molecule has 2 saturated carbocycles. The van der Waals surface area contributed by atoms with Crippen LogP contribution in [0.25, 0.3) is 16.9 Å². The van der Waals surface area contributed by atoms with Crippen LogP contribution in [0.15, 0.2) is 18.2 Å². The summed E-state index contributed by atoms with van der Waals surface area (Å²) in [4.78, 5) is 13.9. The normalized spacial score (nSPS) is 16.8. The average molecular weight is 381 g/mol. The van der Waals surface area contributed by atoms with Gasteiger partial charge in [0.15, 0.2) is 22.8 Å². The van der Waals surface area contributed by atoms with E-state index in [1.54, 1.807) is 16.7 Å². The SMILES string of the molecule is COc1ccc(-n2c(C)nc3c(NC(C4CC4)C4CC4)nc(C)nc32)c(F)c1. The molecule has 2 aliphatic rings. The zero-order chi connectivity index (χ0) is 19.4. The number of aromatic nitrogens is 4. The Morgan fingerprint density at radius 1 is 1.11 bits per heavy atom. The lowest BCUT2D eigenvalue weighted by Crippen LogP contribution is -2.25. The number of nitrogens with zero attached hydrogens (tertiary/aromatic N) is 4. The second-order valence-electron chi connectivity index (χ2n) is 7.95. The molecule has 2 fully saturated rings. The molecular formula is C21H24FN5O. The lowest BCUT2D eigenvalue weighted by atomic mass is 10.1. The molecule has 3 aromatic rings. The van der Waals surface area contributed by atoms with Crippen molar-refractivity contribution in [3.63, 3.8) is 0 Å². The van der Waals surface area contributed by atoms with Crippen molar-refractivity contribution in [1.82, 2.24) is 19.5 Å². The number of imidazole rings is 1. The quantitative estimate of drug-likeness (QED) is 0.694. The summed E-state index contributed by atoms with van der Waals surface area (Å²) < 4.78 is 21.6. The third kappa shape index (κ3) is 2.99. The molecule has 0 spiro atoms. The van der Waals surface area contributed by atoms with Crippen LogP contribution in [-0.2, 0) is 0 Å². The molecule has 7 heteroatoms. The van der Waals surface area contributed by atoms with Gasteiger partial charge in [-0.1, -0.05) is 0 Å². The van der Waals surface area contributed by atoms with Crippen molar-refractivity contribution in [2.24, 2.45) is 11.8 Å². The van der Waals surface area contributed by atoms with Gasteiger partial charge in [0.25, 0.3) is 0 Å². The fourth-order valence-electron chi connectivity index (χ4n) is 4.05. The largest absolute Gasteiger partial charge is 0.497 e. The zero-order valence-corrected chi connectivity index (χ0v) is 16.4. The summed E-state index contributed by atoms with van der Waals surface area (Å²) in [6.45, 7) is 3.73. The minimum atomic E-state index is -0.374. The zero-order valence-electron chi connectivity index (χ0n) is 16.4. The smallest absolute Gasteiger partial charge is 0.170 e. The van der Waals surface area contributed by atoms with Gasteiger partial charge in [0.05, 0.1) is 12.8 Å². The van der Waals surface area contributed by atoms with Gasteiger partial charge in [-0.3, -0.25) is 4.57 Å². The molecule has 0 amide bonds. The minimum absolute atomic E-state index is 0.374. The Balaban J connectivity index is 1.62. The molecule has 2 heterocycles. The summed E-state index contributed by atoms with van der Waals surface area (Å²) in [7, 11) is 1.52. The predicted molar refractivity (Wildman–Crippen MR) is 106 cm³/mol. The van der Waals surface area contributed by atoms with Gasteiger partial charge in [-0.05, 0) is 63.5 Å². The Hall–Kier alpha value is -2.70. The summed E-state index contributed by atoms with van der Waals surface area (Å²) >= 11 is 0. The number of benzene rings is 1. The minimum Gasteiger partial charge on any atom is -0.497 e. The number of aryl methyl sites for hydroxylation is 2. The molecule has 5 rings (SSSR count). The molecule has 1 aromatic carbocycles. The number of fused-ring (bicyclic) bond motifs is 1. The van der Waals surface area contributed by atoms with Gasteiger partial charge in [-0.2, -0.15) is 0 Å². The maximum absolute atomic E-state index is 14.8. The molecule has 146 valence electrons. The molecule has 0 atom stereocenters. The van der Waals surface area contributed by atoms with Crippen molar-refractivity contribution >= 4 is 17.0 Å². The van der Waals surface area contributed by atoms with Crippen molar-refractivity contribution < 1.29 is 9.13 Å². The van der Waals surface area contributed by atoms with E-state index in [2.05, 4.69) is 15.3 Å². The van der Waals surface area contributed by atoms with Crippen molar-refractivity contribution in [1.29, 1.82) is 0 Å². The highest BCUT2D eigenvalue weighted by atomic mass is 19.1. The third-order valence-corrected chi connectivity index (χ3v) is 5.75. The number of hydrogen-bond donors (Lipinski definition) is 1. The van der Waals surface area contributed by atoms with Crippen LogP contribution in [0.3, 0.4) is 0 Å². The number of nitrogens with one attached hydrogen (secondary N) is 1. The van der Waals surface area contributed by atoms with Crippen molar-refractivity contribution in [3.05, 3.63) is 35.7 Å². The number of hydrogen-bond acceptors (Lipinski definition) is 5. The predicted octanol–water partition coefficient (Wildman–Crippen LogP) is 4.18. The highest BCUT2D eigenvalue weighted by Gasteiger charge is 2.42. The number of halogens is 1. The maximum atomic E-state index is 14.8. The Labute approximate surface area is 163 Å². The Morgan fingerprint density at radius 3 is 2.43 bits per heavy atom. The van der Waals surface area contributed by atoms with E-state index < -0.39 is 0 Å². The van der Waals surface area contributed by atoms with E-state index >= 15 is 0 Å². The van der Waals surface area contributed by atoms with Crippen LogP contribution >= 0.6 is 0 Å². The third-order valence-electron chi connectivity index (χ3n) is 5.75. The molecular weight excluding hydrogens is 357 g/mol. The second-order valence-corrected chi connectivity index (χ2v) is 7.95. The monoisotopic (exact) mass is 381 g/mol. The van der Waals surface area contributed by atoms with Crippen molar-refractivity contribution in [3.8, 4) is 11.4 Å². The number of methoxy groups -OCH3 is 1. The summed E-state index contributed by atoms with van der Waals surface area (Å²) in [6, 6.07) is 5.28. The Morgan fingerprint density at radius 2 is 1.82 bits per heavy atom. The molecule has 0 unspecified atom stereocenters. The molecule has 0 bridgehead atoms. The van der Waals surface area contributed by atoms with Gasteiger partial charge < -0.3 is 10.1 Å². The molecule has 1 N–H and O–H groups in total. The van der Waals surface area contributed by atoms with Gasteiger partial charge >= 0.3 is 0 Å². The second kappa shape index (κ2) is 6.43. The van der Waals surface area contributed by atoms with Crippen molar-refractivity contribution in [2.75, 3.05) is 12.4 Å². The van der Waals surface area contributed by atoms with Gasteiger partial charge in [0.1, 0.15) is 17.4 Å². The first-order chi connectivity index (χ1) is 13.5. The number of ether oxygens (including phenoxy) is 1. The molecule has 0 aliphatic heterocycles. The lowest BCUT2D eigenvalue weighted by Gasteiger charge is -2.18. The van der Waals surface area contributed by atoms with E-state index in [-0.39, 0.29) is 5.82 Å². The van der Waals surface area contributed by atoms with E-state index in [9.17, 15) is 4.39 Å². The van der Waals surface area contributed by atoms with Gasteiger partial charge in [-0.25, -0.2) is 19.3 Å². The summed E-state index contributed by atoms with van der Waals surface area (Å²) in [5.74, 6) is 3.67. The molecule has 6 nitrogen and oxygen atoms in total. The standard InChI is InChI=1S/C21H24FN5O/c1-11-23-20(26-18(13-4-5-13)14-6-7-14)19-21(24-11)27(12(2)25-19)17-9-8-15(28-3)10-16(17)22/h8-10,13-14,18H,4-7H2,1-3H3,(H,23,24,26). The average Bonchev–Trinajstić information content (AvgIpc) is 3.58. The molecule has 2 aliphatic carbocycles. The first-order valence-electron chi connectivity index (χ1n) is 9.89. The van der Waals surface area contributed by atoms with Crippen LogP contribution in [0.2, 0.25) is 0 Å². The van der Waals surface area contributed by atoms with Crippen molar-refractivity contribution in [2.45, 2.75) is 45.6 Å². The van der Waals surface area contributed by atoms with E-state index in [1.807, 2.05) is 13.8 Å². The van der Waals surface area contributed by atoms with Gasteiger partial charge in [-0.15, -0.1) is 0 Å². The summed E-state index contributed by atoms with van der Waals surface area (Å²) in [6.07, 6.45) is 5.13. The van der Waals surface area contributed by atoms with Crippen LogP contribution in [0.1, 0.15) is 37.3 Å². The Kier molecular flexibility index (Phi) is 4.00. The number of rotatable bonds is 6. The van der Waals surface area contributed by atoms with Gasteiger partial charge in [0, 0.05) is 12.1 Å². The maximum Gasteiger partial charge on any atom is 0.170 e. The first-order valence-corrected chi connectivity index (χ1v) is 9.89. The molecule has 0 saturated heterocycles. The molecule has 28 heavy (non-hydrogen) atoms. The lowest BCUT2D eigenvalue weighted by molar-refractivity contribution is 0.411. The van der Waals surface area contributed by atoms with Crippen LogP contribution in [0, 0.1) is 31.5 Å². The fraction of sp³-hybridized carbons (Fsp3) is 0.476. The van der Waals surface area contributed by atoms with Crippen LogP contribution < -0.4 is 10.1 Å².